The van der Waals surface area contributed by atoms with Crippen molar-refractivity contribution >= 4 is 5.91 Å². The Labute approximate surface area is 106 Å². The monoisotopic (exact) mass is 250 g/mol. The highest BCUT2D eigenvalue weighted by molar-refractivity contribution is 5.98. The van der Waals surface area contributed by atoms with E-state index in [9.17, 15) is 15.0 Å². The van der Waals surface area contributed by atoms with E-state index >= 15 is 0 Å². The van der Waals surface area contributed by atoms with Gasteiger partial charge in [-0.25, -0.2) is 0 Å². The SMILES string of the molecule is CNCC1CCCN1C(=O)c1cccc(O)c1O. The predicted molar refractivity (Wildman–Crippen MR) is 67.8 cm³/mol. The minimum Gasteiger partial charge on any atom is -0.504 e. The molecule has 1 atom stereocenters. The molecule has 5 heteroatoms. The lowest BCUT2D eigenvalue weighted by molar-refractivity contribution is 0.0733. The molecule has 1 saturated heterocycles. The third kappa shape index (κ3) is 2.26. The molecule has 1 amide bonds. The van der Waals surface area contributed by atoms with Crippen molar-refractivity contribution in [3.05, 3.63) is 23.8 Å². The van der Waals surface area contributed by atoms with Gasteiger partial charge in [-0.05, 0) is 32.0 Å². The van der Waals surface area contributed by atoms with Crippen molar-refractivity contribution in [1.29, 1.82) is 0 Å². The van der Waals surface area contributed by atoms with Gasteiger partial charge in [0.25, 0.3) is 5.91 Å². The van der Waals surface area contributed by atoms with Crippen molar-refractivity contribution in [3.63, 3.8) is 0 Å². The van der Waals surface area contributed by atoms with E-state index in [1.807, 2.05) is 7.05 Å². The quantitative estimate of drug-likeness (QED) is 0.698. The topological polar surface area (TPSA) is 72.8 Å². The number of para-hydroxylation sites is 1. The maximum Gasteiger partial charge on any atom is 0.258 e. The summed E-state index contributed by atoms with van der Waals surface area (Å²) < 4.78 is 0. The van der Waals surface area contributed by atoms with E-state index in [4.69, 9.17) is 0 Å². The Bertz CT molecular complexity index is 448. The molecule has 98 valence electrons. The molecule has 1 heterocycles. The highest BCUT2D eigenvalue weighted by atomic mass is 16.3. The summed E-state index contributed by atoms with van der Waals surface area (Å²) in [6, 6.07) is 4.61. The number of phenolic OH excluding ortho intramolecular Hbond substituents is 2. The van der Waals surface area contributed by atoms with Gasteiger partial charge in [0, 0.05) is 19.1 Å². The molecule has 5 nitrogen and oxygen atoms in total. The molecule has 0 saturated carbocycles. The van der Waals surface area contributed by atoms with Gasteiger partial charge in [-0.3, -0.25) is 4.79 Å². The lowest BCUT2D eigenvalue weighted by Gasteiger charge is -2.25. The minimum absolute atomic E-state index is 0.157. The number of nitrogens with zero attached hydrogens (tertiary/aromatic N) is 1. The van der Waals surface area contributed by atoms with E-state index in [-0.39, 0.29) is 29.0 Å². The number of amides is 1. The standard InChI is InChI=1S/C13H18N2O3/c1-14-8-9-4-3-7-15(9)13(18)10-5-2-6-11(16)12(10)17/h2,5-6,9,14,16-17H,3-4,7-8H2,1H3. The van der Waals surface area contributed by atoms with Crippen LogP contribution < -0.4 is 5.32 Å². The highest BCUT2D eigenvalue weighted by Gasteiger charge is 2.30. The minimum atomic E-state index is -0.336. The summed E-state index contributed by atoms with van der Waals surface area (Å²) in [6.07, 6.45) is 1.93. The molecular weight excluding hydrogens is 232 g/mol. The third-order valence-electron chi connectivity index (χ3n) is 3.32. The summed E-state index contributed by atoms with van der Waals surface area (Å²) in [5.41, 5.74) is 0.165. The van der Waals surface area contributed by atoms with Gasteiger partial charge < -0.3 is 20.4 Å². The zero-order chi connectivity index (χ0) is 13.1. The van der Waals surface area contributed by atoms with E-state index < -0.39 is 0 Å². The van der Waals surface area contributed by atoms with Crippen molar-refractivity contribution in [2.75, 3.05) is 20.1 Å². The van der Waals surface area contributed by atoms with Crippen LogP contribution in [0.2, 0.25) is 0 Å². The number of likely N-dealkylation sites (N-methyl/N-ethyl adjacent to an activating group) is 1. The zero-order valence-electron chi connectivity index (χ0n) is 10.4. The van der Waals surface area contributed by atoms with Gasteiger partial charge in [-0.2, -0.15) is 0 Å². The number of hydrogen-bond donors (Lipinski definition) is 3. The Morgan fingerprint density at radius 1 is 1.50 bits per heavy atom. The smallest absolute Gasteiger partial charge is 0.258 e. The normalized spacial score (nSPS) is 19.2. The van der Waals surface area contributed by atoms with Crippen molar-refractivity contribution in [3.8, 4) is 11.5 Å². The number of aromatic hydroxyl groups is 2. The molecule has 0 aliphatic carbocycles. The first-order valence-corrected chi connectivity index (χ1v) is 6.11. The van der Waals surface area contributed by atoms with Crippen LogP contribution in [0.5, 0.6) is 11.5 Å². The molecule has 0 bridgehead atoms. The maximum atomic E-state index is 12.3. The van der Waals surface area contributed by atoms with Crippen LogP contribution in [0.3, 0.4) is 0 Å². The molecular formula is C13H18N2O3. The average molecular weight is 250 g/mol. The van der Waals surface area contributed by atoms with Crippen LogP contribution in [-0.4, -0.2) is 47.2 Å². The second kappa shape index (κ2) is 5.27. The molecule has 1 aromatic carbocycles. The summed E-state index contributed by atoms with van der Waals surface area (Å²) >= 11 is 0. The molecule has 3 N–H and O–H groups in total. The second-order valence-corrected chi connectivity index (χ2v) is 4.53. The van der Waals surface area contributed by atoms with Crippen LogP contribution in [0.4, 0.5) is 0 Å². The molecule has 2 rings (SSSR count). The van der Waals surface area contributed by atoms with Gasteiger partial charge in [-0.1, -0.05) is 6.07 Å². The van der Waals surface area contributed by atoms with Gasteiger partial charge >= 0.3 is 0 Å². The number of benzene rings is 1. The van der Waals surface area contributed by atoms with E-state index in [2.05, 4.69) is 5.32 Å². The fraction of sp³-hybridized carbons (Fsp3) is 0.462. The Morgan fingerprint density at radius 2 is 2.28 bits per heavy atom. The number of hydrogen-bond acceptors (Lipinski definition) is 4. The predicted octanol–water partition coefficient (Wildman–Crippen LogP) is 0.922. The fourth-order valence-electron chi connectivity index (χ4n) is 2.41. The number of phenols is 2. The van der Waals surface area contributed by atoms with E-state index in [1.165, 1.54) is 12.1 Å². The zero-order valence-corrected chi connectivity index (χ0v) is 10.4. The van der Waals surface area contributed by atoms with Crippen LogP contribution in [0.1, 0.15) is 23.2 Å². The van der Waals surface area contributed by atoms with Gasteiger partial charge in [0.1, 0.15) is 0 Å². The average Bonchev–Trinajstić information content (AvgIpc) is 2.80. The van der Waals surface area contributed by atoms with Gasteiger partial charge in [0.05, 0.1) is 5.56 Å². The van der Waals surface area contributed by atoms with E-state index in [0.29, 0.717) is 6.54 Å². The summed E-state index contributed by atoms with van der Waals surface area (Å²) in [6.45, 7) is 1.44. The fourth-order valence-corrected chi connectivity index (χ4v) is 2.41. The van der Waals surface area contributed by atoms with E-state index in [1.54, 1.807) is 11.0 Å². The molecule has 1 fully saturated rings. The summed E-state index contributed by atoms with van der Waals surface area (Å²) in [5.74, 6) is -0.816. The lowest BCUT2D eigenvalue weighted by Crippen LogP contribution is -2.40. The van der Waals surface area contributed by atoms with Gasteiger partial charge in [0.15, 0.2) is 11.5 Å². The lowest BCUT2D eigenvalue weighted by atomic mass is 10.1. The third-order valence-corrected chi connectivity index (χ3v) is 3.32. The van der Waals surface area contributed by atoms with Crippen LogP contribution >= 0.6 is 0 Å². The van der Waals surface area contributed by atoms with Gasteiger partial charge in [0.2, 0.25) is 0 Å². The Morgan fingerprint density at radius 3 is 3.00 bits per heavy atom. The second-order valence-electron chi connectivity index (χ2n) is 4.53. The first kappa shape index (κ1) is 12.7. The molecule has 0 radical (unpaired) electrons. The molecule has 1 aromatic rings. The van der Waals surface area contributed by atoms with Crippen molar-refractivity contribution in [2.45, 2.75) is 18.9 Å². The largest absolute Gasteiger partial charge is 0.504 e. The Kier molecular flexibility index (Phi) is 3.72. The van der Waals surface area contributed by atoms with Crippen molar-refractivity contribution < 1.29 is 15.0 Å². The first-order chi connectivity index (χ1) is 8.65. The van der Waals surface area contributed by atoms with E-state index in [0.717, 1.165) is 19.4 Å². The molecule has 1 aliphatic heterocycles. The molecule has 18 heavy (non-hydrogen) atoms. The summed E-state index contributed by atoms with van der Waals surface area (Å²) in [5, 5.41) is 22.2. The molecule has 0 aromatic heterocycles. The first-order valence-electron chi connectivity index (χ1n) is 6.11. The van der Waals surface area contributed by atoms with Crippen LogP contribution in [0.15, 0.2) is 18.2 Å². The Balaban J connectivity index is 2.23. The number of carbonyl (C=O) groups is 1. The maximum absolute atomic E-state index is 12.3. The van der Waals surface area contributed by atoms with Crippen molar-refractivity contribution in [2.24, 2.45) is 0 Å². The summed E-state index contributed by atoms with van der Waals surface area (Å²) in [7, 11) is 1.85. The molecule has 1 unspecified atom stereocenters. The van der Waals surface area contributed by atoms with Crippen LogP contribution in [0.25, 0.3) is 0 Å². The van der Waals surface area contributed by atoms with Crippen molar-refractivity contribution in [1.82, 2.24) is 10.2 Å². The number of nitrogens with one attached hydrogen (secondary N) is 1. The van der Waals surface area contributed by atoms with Crippen LogP contribution in [-0.2, 0) is 0 Å². The summed E-state index contributed by atoms with van der Waals surface area (Å²) in [4.78, 5) is 14.1. The number of likely N-dealkylation sites (tertiary alicyclic amines) is 1. The number of rotatable bonds is 3. The van der Waals surface area contributed by atoms with Crippen LogP contribution in [0, 0.1) is 0 Å². The Hall–Kier alpha value is -1.75. The van der Waals surface area contributed by atoms with Gasteiger partial charge in [-0.15, -0.1) is 0 Å². The molecule has 1 aliphatic rings. The highest BCUT2D eigenvalue weighted by Crippen LogP contribution is 2.30. The number of carbonyl (C=O) groups excluding carboxylic acids is 1. The molecule has 0 spiro atoms.